The lowest BCUT2D eigenvalue weighted by molar-refractivity contribution is -0.137. The minimum Gasteiger partial charge on any atom is -0.387 e. The molecule has 1 unspecified atom stereocenters. The molecule has 0 fully saturated rings. The molecule has 1 amide bonds. The fourth-order valence-corrected chi connectivity index (χ4v) is 2.53. The van der Waals surface area contributed by atoms with Gasteiger partial charge in [-0.05, 0) is 35.9 Å². The Labute approximate surface area is 149 Å². The minimum atomic E-state index is -4.44. The second kappa shape index (κ2) is 7.55. The van der Waals surface area contributed by atoms with Gasteiger partial charge < -0.3 is 10.4 Å². The molecule has 0 aliphatic carbocycles. The number of nitrogens with one attached hydrogen (secondary N) is 1. The molecule has 0 aliphatic heterocycles. The van der Waals surface area contributed by atoms with E-state index in [9.17, 15) is 23.1 Å². The monoisotopic (exact) mass is 421 g/mol. The summed E-state index contributed by atoms with van der Waals surface area (Å²) >= 11 is 9.16. The maximum atomic E-state index is 12.5. The molecule has 3 nitrogen and oxygen atoms in total. The van der Waals surface area contributed by atoms with E-state index < -0.39 is 23.8 Å². The van der Waals surface area contributed by atoms with Gasteiger partial charge in [-0.1, -0.05) is 39.7 Å². The van der Waals surface area contributed by atoms with Crippen molar-refractivity contribution in [3.8, 4) is 0 Å². The van der Waals surface area contributed by atoms with Gasteiger partial charge in [0.15, 0.2) is 0 Å². The Kier molecular flexibility index (Phi) is 5.90. The van der Waals surface area contributed by atoms with E-state index in [4.69, 9.17) is 11.6 Å². The van der Waals surface area contributed by atoms with Crippen LogP contribution in [0.1, 0.15) is 27.6 Å². The zero-order chi connectivity index (χ0) is 17.9. The number of carbonyl (C=O) groups excluding carboxylic acids is 1. The lowest BCUT2D eigenvalue weighted by atomic mass is 10.1. The maximum absolute atomic E-state index is 12.5. The number of hydrogen-bond donors (Lipinski definition) is 2. The third-order valence-electron chi connectivity index (χ3n) is 3.25. The number of hydrogen-bond acceptors (Lipinski definition) is 2. The van der Waals surface area contributed by atoms with E-state index in [1.54, 1.807) is 12.1 Å². The van der Waals surface area contributed by atoms with E-state index in [0.29, 0.717) is 4.47 Å². The van der Waals surface area contributed by atoms with Crippen molar-refractivity contribution in [2.45, 2.75) is 12.3 Å². The van der Waals surface area contributed by atoms with E-state index in [0.717, 1.165) is 12.1 Å². The van der Waals surface area contributed by atoms with Crippen molar-refractivity contribution in [3.05, 3.63) is 68.7 Å². The summed E-state index contributed by atoms with van der Waals surface area (Å²) in [4.78, 5) is 12.1. The predicted molar refractivity (Wildman–Crippen MR) is 87.9 cm³/mol. The Morgan fingerprint density at radius 3 is 2.42 bits per heavy atom. The molecule has 0 bridgehead atoms. The lowest BCUT2D eigenvalue weighted by Gasteiger charge is -2.14. The Bertz CT molecular complexity index is 735. The largest absolute Gasteiger partial charge is 0.416 e. The van der Waals surface area contributed by atoms with Crippen molar-refractivity contribution in [1.82, 2.24) is 5.32 Å². The van der Waals surface area contributed by atoms with Gasteiger partial charge >= 0.3 is 6.18 Å². The summed E-state index contributed by atoms with van der Waals surface area (Å²) in [6.07, 6.45) is -5.57. The average molecular weight is 423 g/mol. The van der Waals surface area contributed by atoms with E-state index >= 15 is 0 Å². The highest BCUT2D eigenvalue weighted by Crippen LogP contribution is 2.30. The molecule has 8 heteroatoms. The van der Waals surface area contributed by atoms with Crippen LogP contribution in [0, 0.1) is 0 Å². The average Bonchev–Trinajstić information content (AvgIpc) is 2.53. The number of alkyl halides is 3. The van der Waals surface area contributed by atoms with Gasteiger partial charge in [0.1, 0.15) is 0 Å². The number of benzene rings is 2. The molecule has 0 saturated heterocycles. The molecule has 2 aromatic carbocycles. The van der Waals surface area contributed by atoms with Gasteiger partial charge in [0.05, 0.1) is 22.3 Å². The minimum absolute atomic E-state index is 0.160. The van der Waals surface area contributed by atoms with E-state index in [1.807, 2.05) is 0 Å². The third kappa shape index (κ3) is 4.72. The number of aliphatic hydroxyl groups excluding tert-OH is 1. The Morgan fingerprint density at radius 1 is 1.21 bits per heavy atom. The van der Waals surface area contributed by atoms with Gasteiger partial charge in [0, 0.05) is 11.0 Å². The fraction of sp³-hybridized carbons (Fsp3) is 0.188. The van der Waals surface area contributed by atoms with E-state index in [1.165, 1.54) is 18.2 Å². The van der Waals surface area contributed by atoms with Crippen molar-refractivity contribution >= 4 is 33.4 Å². The molecule has 0 spiro atoms. The van der Waals surface area contributed by atoms with Crippen LogP contribution < -0.4 is 5.32 Å². The summed E-state index contributed by atoms with van der Waals surface area (Å²) in [5, 5.41) is 12.7. The van der Waals surface area contributed by atoms with Crippen LogP contribution in [0.25, 0.3) is 0 Å². The van der Waals surface area contributed by atoms with Crippen LogP contribution in [0.3, 0.4) is 0 Å². The summed E-state index contributed by atoms with van der Waals surface area (Å²) in [7, 11) is 0. The van der Waals surface area contributed by atoms with Gasteiger partial charge in [0.2, 0.25) is 0 Å². The van der Waals surface area contributed by atoms with Crippen molar-refractivity contribution in [2.24, 2.45) is 0 Å². The normalized spacial score (nSPS) is 12.8. The first kappa shape index (κ1) is 18.8. The zero-order valence-corrected chi connectivity index (χ0v) is 14.4. The summed E-state index contributed by atoms with van der Waals surface area (Å²) in [6.45, 7) is -0.160. The fourth-order valence-electron chi connectivity index (χ4n) is 1.97. The zero-order valence-electron chi connectivity index (χ0n) is 12.1. The number of rotatable bonds is 4. The summed E-state index contributed by atoms with van der Waals surface area (Å²) in [5.41, 5.74) is -0.308. The molecule has 0 saturated carbocycles. The highest BCUT2D eigenvalue weighted by Gasteiger charge is 2.30. The second-order valence-electron chi connectivity index (χ2n) is 4.97. The molecule has 2 aromatic rings. The number of carbonyl (C=O) groups is 1. The molecule has 0 aromatic heterocycles. The molecular formula is C16H12BrClF3NO2. The molecule has 2 N–H and O–H groups in total. The van der Waals surface area contributed by atoms with Crippen LogP contribution in [0.5, 0.6) is 0 Å². The first-order valence-corrected chi connectivity index (χ1v) is 7.94. The van der Waals surface area contributed by atoms with Crippen molar-refractivity contribution in [1.29, 1.82) is 0 Å². The van der Waals surface area contributed by atoms with Crippen LogP contribution >= 0.6 is 27.5 Å². The van der Waals surface area contributed by atoms with Crippen LogP contribution in [-0.2, 0) is 6.18 Å². The standard InChI is InChI=1S/C16H12BrClF3NO2/c17-11-5-6-13(18)12(7-11)15(24)22-8-14(23)9-1-3-10(4-2-9)16(19,20)21/h1-7,14,23H,8H2,(H,22,24). The molecule has 0 aliphatic rings. The topological polar surface area (TPSA) is 49.3 Å². The van der Waals surface area contributed by atoms with Crippen LogP contribution in [-0.4, -0.2) is 17.6 Å². The third-order valence-corrected chi connectivity index (χ3v) is 4.07. The Morgan fingerprint density at radius 2 is 1.83 bits per heavy atom. The number of amides is 1. The molecule has 0 radical (unpaired) electrons. The van der Waals surface area contributed by atoms with Gasteiger partial charge in [-0.2, -0.15) is 13.2 Å². The van der Waals surface area contributed by atoms with Gasteiger partial charge in [-0.15, -0.1) is 0 Å². The SMILES string of the molecule is O=C(NCC(O)c1ccc(C(F)(F)F)cc1)c1cc(Br)ccc1Cl. The molecule has 2 rings (SSSR count). The second-order valence-corrected chi connectivity index (χ2v) is 6.29. The molecule has 1 atom stereocenters. The molecule has 24 heavy (non-hydrogen) atoms. The van der Waals surface area contributed by atoms with Crippen LogP contribution in [0.15, 0.2) is 46.9 Å². The van der Waals surface area contributed by atoms with E-state index in [-0.39, 0.29) is 22.7 Å². The smallest absolute Gasteiger partial charge is 0.387 e. The Hall–Kier alpha value is -1.57. The summed E-state index contributed by atoms with van der Waals surface area (Å²) in [5.74, 6) is -0.493. The van der Waals surface area contributed by atoms with Crippen LogP contribution in [0.2, 0.25) is 5.02 Å². The van der Waals surface area contributed by atoms with E-state index in [2.05, 4.69) is 21.2 Å². The molecule has 128 valence electrons. The maximum Gasteiger partial charge on any atom is 0.416 e. The molecule has 0 heterocycles. The molecular weight excluding hydrogens is 411 g/mol. The summed E-state index contributed by atoms with van der Waals surface area (Å²) in [6, 6.07) is 8.86. The number of aliphatic hydroxyl groups is 1. The lowest BCUT2D eigenvalue weighted by Crippen LogP contribution is -2.28. The summed E-state index contributed by atoms with van der Waals surface area (Å²) < 4.78 is 38.2. The van der Waals surface area contributed by atoms with Gasteiger partial charge in [0.25, 0.3) is 5.91 Å². The van der Waals surface area contributed by atoms with Crippen molar-refractivity contribution in [2.75, 3.05) is 6.54 Å². The van der Waals surface area contributed by atoms with Crippen LogP contribution in [0.4, 0.5) is 13.2 Å². The number of halogens is 5. The first-order valence-electron chi connectivity index (χ1n) is 6.77. The predicted octanol–water partition coefficient (Wildman–Crippen LogP) is 4.58. The van der Waals surface area contributed by atoms with Gasteiger partial charge in [-0.3, -0.25) is 4.79 Å². The highest BCUT2D eigenvalue weighted by molar-refractivity contribution is 9.10. The quantitative estimate of drug-likeness (QED) is 0.757. The van der Waals surface area contributed by atoms with Crippen molar-refractivity contribution in [3.63, 3.8) is 0 Å². The highest BCUT2D eigenvalue weighted by atomic mass is 79.9. The van der Waals surface area contributed by atoms with Gasteiger partial charge in [-0.25, -0.2) is 0 Å². The Balaban J connectivity index is 2.01. The van der Waals surface area contributed by atoms with Crippen molar-refractivity contribution < 1.29 is 23.1 Å². The first-order chi connectivity index (χ1) is 11.2.